The summed E-state index contributed by atoms with van der Waals surface area (Å²) >= 11 is 0.834. The Labute approximate surface area is 753 Å². The van der Waals surface area contributed by atoms with Crippen LogP contribution in [0.2, 0.25) is 0 Å². The lowest BCUT2D eigenvalue weighted by Crippen LogP contribution is -2.61. The second-order valence-electron chi connectivity index (χ2n) is 33.4. The summed E-state index contributed by atoms with van der Waals surface area (Å²) in [6.07, 6.45) is 7.09. The number of carbonyl (C=O) groups is 17. The van der Waals surface area contributed by atoms with Gasteiger partial charge in [0.1, 0.15) is 72.5 Å². The van der Waals surface area contributed by atoms with Gasteiger partial charge in [0.15, 0.2) is 0 Å². The minimum Gasteiger partial charge on any atom is -0.394 e. The molecule has 1 unspecified atom stereocenters. The van der Waals surface area contributed by atoms with E-state index in [0.29, 0.717) is 64.2 Å². The van der Waals surface area contributed by atoms with E-state index in [0.717, 1.165) is 26.5 Å². The van der Waals surface area contributed by atoms with Gasteiger partial charge in [0.2, 0.25) is 100 Å². The van der Waals surface area contributed by atoms with Crippen molar-refractivity contribution >= 4 is 134 Å². The number of carbonyl (C=O) groups excluding carboxylic acids is 17. The summed E-state index contributed by atoms with van der Waals surface area (Å²) in [4.78, 5) is 266. The summed E-state index contributed by atoms with van der Waals surface area (Å²) < 4.78 is 0. The Kier molecular flexibility index (Phi) is 38.6. The minimum absolute atomic E-state index is 0.0183. The van der Waals surface area contributed by atoms with Crippen molar-refractivity contribution in [3.8, 4) is 0 Å². The number of para-hydroxylation sites is 2. The molecule has 8 rings (SSSR count). The molecule has 0 radical (unpaired) electrons. The summed E-state index contributed by atoms with van der Waals surface area (Å²) in [6, 6.07) is 5.23. The molecule has 2 aliphatic rings. The third-order valence-electron chi connectivity index (χ3n) is 23.4. The van der Waals surface area contributed by atoms with Crippen LogP contribution in [0.15, 0.2) is 104 Å². The Hall–Kier alpha value is -12.8. The number of fused-ring (bicyclic) bond motifs is 3. The molecule has 17 amide bonds. The molecule has 3 aromatic heterocycles. The topological polar surface area (TPSA) is 559 Å². The molecular weight excluding hydrogens is 1680 g/mol. The fourth-order valence-electron chi connectivity index (χ4n) is 15.7. The predicted molar refractivity (Wildman–Crippen MR) is 480 cm³/mol. The van der Waals surface area contributed by atoms with E-state index in [1.807, 2.05) is 13.8 Å². The highest BCUT2D eigenvalue weighted by atomic mass is 32.2. The number of H-pyrrole nitrogens is 3. The molecule has 5 heterocycles. The molecule has 40 heteroatoms. The fourth-order valence-corrected chi connectivity index (χ4v) is 16.6. The van der Waals surface area contributed by atoms with Gasteiger partial charge in [-0.1, -0.05) is 140 Å². The number of rotatable bonds is 23. The summed E-state index contributed by atoms with van der Waals surface area (Å²) in [7, 11) is 5.35. The van der Waals surface area contributed by atoms with Crippen molar-refractivity contribution in [2.24, 2.45) is 23.3 Å². The normalized spacial score (nSPS) is 24.2. The fraction of sp³-hybridized carbons (Fsp3) is 0.528. The molecule has 2 saturated heterocycles. The number of likely N-dealkylation sites (N-methyl/N-ethyl adjacent to an activating group) is 4. The van der Waals surface area contributed by atoms with Crippen LogP contribution in [0.4, 0.5) is 0 Å². The van der Waals surface area contributed by atoms with Crippen molar-refractivity contribution < 1.29 is 86.6 Å². The standard InChI is InChI=1S/C89H125N21O18S/c1-12-15-31-69-83(122)105-76(51(6)14-3)84(123)104-68(79(118)96-44-73(91)113)47-129-48-75(115)99-63(36-53-25-18-17-19-26-53)86(125)107(9)52(7)77(116)100-65(39-72(90)112)88(127)110-34-24-33-70(110)82(121)95-42-58(66-43-92-49-97-66)78(117)101-62(35-50(4)5)85(124)106(8)45-74(114)98-61(37-54-40-93-59-29-22-20-27-56(54)59)80(119)103-67(46-111)81(120)102-64(38-55-41-94-60-30-23-21-28-57(55)60)87(126)109(11)71(32-16-13-2)89(128)108(69)10/h17-23,25-30,40-41,43,49-52,58,61-65,67-71,76,93-94,111H,12-16,24,31-39,42,44-48H2,1-11H3,(H2,90,112)(H2,91,113)(H,92,97)(H,95,121)(H,96,118)(H,98,114)(H,99,115)(H,100,116)(H,101,117)(H,102,120)(H,103,119)(H,104,123)(H,105,122)/t51-,52-,58?,61-,62-,63-,64-,65-,67-,68-,69-,70-,71-,76-/m0/s1. The molecule has 2 aliphatic heterocycles. The number of thioether (sulfide) groups is 1. The molecule has 39 nitrogen and oxygen atoms in total. The lowest BCUT2D eigenvalue weighted by molar-refractivity contribution is -0.149. The van der Waals surface area contributed by atoms with Crippen molar-refractivity contribution in [3.05, 3.63) is 126 Å². The molecule has 2 fully saturated rings. The van der Waals surface area contributed by atoms with Crippen LogP contribution in [-0.4, -0.2) is 295 Å². The van der Waals surface area contributed by atoms with Crippen LogP contribution in [-0.2, 0) is 101 Å². The Balaban J connectivity index is 1.16. The Morgan fingerprint density at radius 3 is 1.73 bits per heavy atom. The molecule has 700 valence electrons. The van der Waals surface area contributed by atoms with Crippen LogP contribution in [0.1, 0.15) is 147 Å². The molecule has 18 N–H and O–H groups in total. The molecule has 14 atom stereocenters. The quantitative estimate of drug-likeness (QED) is 0.0395. The van der Waals surface area contributed by atoms with Gasteiger partial charge in [-0.3, -0.25) is 81.5 Å². The first kappa shape index (κ1) is 102. The molecule has 0 aliphatic carbocycles. The molecular formula is C89H125N21O18S. The number of nitrogens with zero attached hydrogens (tertiary/aromatic N) is 6. The van der Waals surface area contributed by atoms with E-state index in [-0.39, 0.29) is 81.7 Å². The van der Waals surface area contributed by atoms with E-state index < -0.39 is 223 Å². The lowest BCUT2D eigenvalue weighted by Gasteiger charge is -2.37. The average Bonchev–Trinajstić information content (AvgIpc) is 1.79. The van der Waals surface area contributed by atoms with E-state index >= 15 is 24.0 Å². The van der Waals surface area contributed by atoms with Crippen LogP contribution in [0.3, 0.4) is 0 Å². The number of hydrogen-bond donors (Lipinski definition) is 16. The number of aliphatic hydroxyl groups is 1. The number of aromatic amines is 3. The van der Waals surface area contributed by atoms with Gasteiger partial charge >= 0.3 is 0 Å². The third kappa shape index (κ3) is 28.4. The average molecular weight is 1810 g/mol. The number of aromatic nitrogens is 4. The zero-order valence-corrected chi connectivity index (χ0v) is 75.8. The summed E-state index contributed by atoms with van der Waals surface area (Å²) in [5.74, 6) is -17.7. The van der Waals surface area contributed by atoms with Crippen LogP contribution in [0, 0.1) is 11.8 Å². The van der Waals surface area contributed by atoms with Crippen molar-refractivity contribution in [3.63, 3.8) is 0 Å². The maximum Gasteiger partial charge on any atom is 0.246 e. The number of primary amides is 2. The van der Waals surface area contributed by atoms with Gasteiger partial charge in [-0.2, -0.15) is 0 Å². The van der Waals surface area contributed by atoms with Crippen molar-refractivity contribution in [1.29, 1.82) is 0 Å². The minimum atomic E-state index is -1.82. The summed E-state index contributed by atoms with van der Waals surface area (Å²) in [5, 5.41) is 39.3. The van der Waals surface area contributed by atoms with Gasteiger partial charge in [0.05, 0.1) is 44.1 Å². The number of aliphatic hydroxyl groups excluding tert-OH is 1. The first-order valence-corrected chi connectivity index (χ1v) is 44.8. The molecule has 6 aromatic rings. The first-order valence-electron chi connectivity index (χ1n) is 43.7. The molecule has 129 heavy (non-hydrogen) atoms. The summed E-state index contributed by atoms with van der Waals surface area (Å²) in [6.45, 7) is 9.14. The molecule has 0 spiro atoms. The molecule has 0 saturated carbocycles. The monoisotopic (exact) mass is 1810 g/mol. The van der Waals surface area contributed by atoms with Gasteiger partial charge < -0.3 is 109 Å². The third-order valence-corrected chi connectivity index (χ3v) is 24.4. The van der Waals surface area contributed by atoms with Gasteiger partial charge in [0, 0.05) is 112 Å². The van der Waals surface area contributed by atoms with Gasteiger partial charge in [-0.15, -0.1) is 11.8 Å². The van der Waals surface area contributed by atoms with Crippen LogP contribution in [0.5, 0.6) is 0 Å². The maximum atomic E-state index is 15.7. The predicted octanol–water partition coefficient (Wildman–Crippen LogP) is -0.183. The van der Waals surface area contributed by atoms with Crippen LogP contribution >= 0.6 is 11.8 Å². The number of unbranched alkanes of at least 4 members (excludes halogenated alkanes) is 2. The lowest BCUT2D eigenvalue weighted by atomic mass is 9.96. The second-order valence-corrected chi connectivity index (χ2v) is 34.5. The van der Waals surface area contributed by atoms with E-state index in [4.69, 9.17) is 11.5 Å². The highest BCUT2D eigenvalue weighted by Gasteiger charge is 2.44. The zero-order chi connectivity index (χ0) is 94.5. The molecule has 0 bridgehead atoms. The van der Waals surface area contributed by atoms with Gasteiger partial charge in [0.25, 0.3) is 0 Å². The number of imidazole rings is 1. The smallest absolute Gasteiger partial charge is 0.246 e. The number of benzene rings is 3. The summed E-state index contributed by atoms with van der Waals surface area (Å²) in [5.41, 5.74) is 14.3. The molecule has 3 aromatic carbocycles. The maximum absolute atomic E-state index is 15.7. The zero-order valence-electron chi connectivity index (χ0n) is 75.0. The van der Waals surface area contributed by atoms with Crippen LogP contribution in [0.25, 0.3) is 21.8 Å². The Bertz CT molecular complexity index is 4930. The van der Waals surface area contributed by atoms with Crippen molar-refractivity contribution in [2.45, 2.75) is 217 Å². The van der Waals surface area contributed by atoms with E-state index in [2.05, 4.69) is 73.1 Å². The largest absolute Gasteiger partial charge is 0.394 e. The Morgan fingerprint density at radius 2 is 1.13 bits per heavy atom. The number of amides is 17. The Morgan fingerprint density at radius 1 is 0.566 bits per heavy atom. The van der Waals surface area contributed by atoms with E-state index in [9.17, 15) is 62.6 Å². The van der Waals surface area contributed by atoms with E-state index in [1.54, 1.807) is 119 Å². The van der Waals surface area contributed by atoms with Gasteiger partial charge in [-0.05, 0) is 79.7 Å². The van der Waals surface area contributed by atoms with Gasteiger partial charge in [-0.25, -0.2) is 4.98 Å². The van der Waals surface area contributed by atoms with E-state index in [1.165, 1.54) is 57.4 Å². The highest BCUT2D eigenvalue weighted by molar-refractivity contribution is 8.00. The highest BCUT2D eigenvalue weighted by Crippen LogP contribution is 2.27. The van der Waals surface area contributed by atoms with Crippen molar-refractivity contribution in [1.82, 2.24) is 97.6 Å². The number of hydrogen-bond acceptors (Lipinski definition) is 20. The number of nitrogens with one attached hydrogen (secondary N) is 13. The SMILES string of the molecule is CCCC[C@H]1C(=O)N(C)[C@@H](CCCC)C(=O)N[C@@H]([C@@H](C)CC)C(=O)N[C@H](C(=O)NCC(N)=O)CSCC(=O)N[C@@H](Cc2ccccc2)C(=O)N(C)[C@@H](C)C(=O)N[C@@H](CC(N)=O)C(=O)N2CCC[C@H]2C(=O)NCC(c2cnc[nH]2)C(=O)N[C@@H](CC(C)C)C(=O)N(C)CC(=O)N[C@@H](Cc2c[nH]c3ccccc23)C(=O)N[C@@H](CO)C(=O)N[C@@H](Cc2c[nH]c3ccccc23)C(=O)N1C. The number of nitrogens with two attached hydrogens (primary N) is 2. The van der Waals surface area contributed by atoms with Crippen molar-refractivity contribution in [2.75, 3.05) is 72.5 Å². The first-order chi connectivity index (χ1) is 61.5. The van der Waals surface area contributed by atoms with Crippen LogP contribution < -0.4 is 64.6 Å². The second kappa shape index (κ2) is 49.0.